The fourth-order valence-corrected chi connectivity index (χ4v) is 5.16. The summed E-state index contributed by atoms with van der Waals surface area (Å²) in [4.78, 5) is 14.9. The second-order valence-electron chi connectivity index (χ2n) is 9.15. The molecule has 172 valence electrons. The first kappa shape index (κ1) is 20.9. The summed E-state index contributed by atoms with van der Waals surface area (Å²) in [5, 5.41) is 11.8. The summed E-state index contributed by atoms with van der Waals surface area (Å²) >= 11 is 0. The number of nitrogens with zero attached hydrogens (tertiary/aromatic N) is 4. The standard InChI is InChI=1S/C27H27N5O2/c1-18(28-27(33)24-7-4-14-34-24)26-30-29-25-10-11-31(12-13-32(25)26)17-19-8-9-23-21(15-19)16-20-5-2-3-6-22(20)23/h2-9,14-15,18H,10-13,16-17H2,1H3,(H,28,33)/t18-/m0/s1. The van der Waals surface area contributed by atoms with Gasteiger partial charge in [0.05, 0.1) is 12.3 Å². The van der Waals surface area contributed by atoms with Crippen LogP contribution in [0.15, 0.2) is 65.3 Å². The van der Waals surface area contributed by atoms with Gasteiger partial charge in [-0.1, -0.05) is 42.5 Å². The number of rotatable bonds is 5. The lowest BCUT2D eigenvalue weighted by molar-refractivity contribution is 0.0909. The Labute approximate surface area is 198 Å². The number of aromatic nitrogens is 3. The molecule has 7 nitrogen and oxygen atoms in total. The maximum atomic E-state index is 12.4. The van der Waals surface area contributed by atoms with E-state index in [1.165, 1.54) is 34.1 Å². The number of benzene rings is 2. The Morgan fingerprint density at radius 3 is 2.79 bits per heavy atom. The summed E-state index contributed by atoms with van der Waals surface area (Å²) in [6, 6.07) is 18.7. The van der Waals surface area contributed by atoms with E-state index in [0.29, 0.717) is 5.76 Å². The zero-order valence-corrected chi connectivity index (χ0v) is 19.2. The zero-order valence-electron chi connectivity index (χ0n) is 19.2. The summed E-state index contributed by atoms with van der Waals surface area (Å²) in [6.07, 6.45) is 3.35. The number of fused-ring (bicyclic) bond motifs is 4. The monoisotopic (exact) mass is 453 g/mol. The summed E-state index contributed by atoms with van der Waals surface area (Å²) in [7, 11) is 0. The van der Waals surface area contributed by atoms with Gasteiger partial charge in [-0.3, -0.25) is 9.69 Å². The van der Waals surface area contributed by atoms with Crippen molar-refractivity contribution in [1.82, 2.24) is 25.0 Å². The van der Waals surface area contributed by atoms with Gasteiger partial charge in [0, 0.05) is 32.6 Å². The number of hydrogen-bond acceptors (Lipinski definition) is 5. The van der Waals surface area contributed by atoms with Crippen LogP contribution < -0.4 is 5.32 Å². The van der Waals surface area contributed by atoms with Crippen LogP contribution in [0.5, 0.6) is 0 Å². The highest BCUT2D eigenvalue weighted by Crippen LogP contribution is 2.36. The average molecular weight is 454 g/mol. The first-order chi connectivity index (χ1) is 16.7. The van der Waals surface area contributed by atoms with Crippen molar-refractivity contribution >= 4 is 5.91 Å². The Hall–Kier alpha value is -3.71. The van der Waals surface area contributed by atoms with Crippen molar-refractivity contribution in [1.29, 1.82) is 0 Å². The molecule has 1 N–H and O–H groups in total. The Kier molecular flexibility index (Phi) is 5.26. The Morgan fingerprint density at radius 2 is 1.91 bits per heavy atom. The second-order valence-corrected chi connectivity index (χ2v) is 9.15. The van der Waals surface area contributed by atoms with E-state index in [-0.39, 0.29) is 11.9 Å². The van der Waals surface area contributed by atoms with Crippen LogP contribution in [0.25, 0.3) is 11.1 Å². The predicted molar refractivity (Wildman–Crippen MR) is 128 cm³/mol. The summed E-state index contributed by atoms with van der Waals surface area (Å²) < 4.78 is 7.36. The Bertz CT molecular complexity index is 1340. The molecular weight excluding hydrogens is 426 g/mol. The second kappa shape index (κ2) is 8.57. The topological polar surface area (TPSA) is 76.2 Å². The van der Waals surface area contributed by atoms with E-state index in [2.05, 4.69) is 67.4 Å². The molecule has 6 rings (SSSR count). The lowest BCUT2D eigenvalue weighted by Crippen LogP contribution is -2.30. The fourth-order valence-electron chi connectivity index (χ4n) is 5.16. The first-order valence-corrected chi connectivity index (χ1v) is 11.8. The zero-order chi connectivity index (χ0) is 23.1. The van der Waals surface area contributed by atoms with Crippen LogP contribution in [0, 0.1) is 0 Å². The molecule has 1 aliphatic heterocycles. The van der Waals surface area contributed by atoms with Gasteiger partial charge < -0.3 is 14.3 Å². The van der Waals surface area contributed by atoms with Gasteiger partial charge in [-0.05, 0) is 53.3 Å². The molecule has 0 spiro atoms. The van der Waals surface area contributed by atoms with Crippen LogP contribution >= 0.6 is 0 Å². The SMILES string of the molecule is C[C@H](NC(=O)c1ccco1)c1nnc2n1CCN(Cc1ccc3c(c1)Cc1ccccc1-3)CC2. The quantitative estimate of drug-likeness (QED) is 0.435. The van der Waals surface area contributed by atoms with Gasteiger partial charge in [0.25, 0.3) is 5.91 Å². The maximum absolute atomic E-state index is 12.4. The van der Waals surface area contributed by atoms with Gasteiger partial charge in [-0.25, -0.2) is 0 Å². The summed E-state index contributed by atoms with van der Waals surface area (Å²) in [5.41, 5.74) is 6.94. The highest BCUT2D eigenvalue weighted by molar-refractivity contribution is 5.91. The van der Waals surface area contributed by atoms with E-state index in [1.54, 1.807) is 12.1 Å². The van der Waals surface area contributed by atoms with Crippen molar-refractivity contribution in [2.75, 3.05) is 13.1 Å². The molecule has 0 fully saturated rings. The third-order valence-corrected chi connectivity index (χ3v) is 6.89. The van der Waals surface area contributed by atoms with Gasteiger partial charge in [-0.15, -0.1) is 10.2 Å². The number of carbonyl (C=O) groups excluding carboxylic acids is 1. The van der Waals surface area contributed by atoms with E-state index < -0.39 is 0 Å². The third kappa shape index (κ3) is 3.82. The van der Waals surface area contributed by atoms with E-state index in [1.807, 2.05) is 6.92 Å². The minimum atomic E-state index is -0.260. The molecule has 0 radical (unpaired) electrons. The van der Waals surface area contributed by atoms with Gasteiger partial charge in [-0.2, -0.15) is 0 Å². The Balaban J connectivity index is 1.12. The molecule has 3 heterocycles. The molecule has 2 aromatic heterocycles. The van der Waals surface area contributed by atoms with Crippen molar-refractivity contribution < 1.29 is 9.21 Å². The normalized spacial score (nSPS) is 15.8. The van der Waals surface area contributed by atoms with Crippen molar-refractivity contribution in [2.24, 2.45) is 0 Å². The van der Waals surface area contributed by atoms with Crippen molar-refractivity contribution in [2.45, 2.75) is 38.9 Å². The van der Waals surface area contributed by atoms with Crippen LogP contribution in [0.2, 0.25) is 0 Å². The van der Waals surface area contributed by atoms with Crippen molar-refractivity contribution in [3.8, 4) is 11.1 Å². The van der Waals surface area contributed by atoms with Crippen LogP contribution in [0.1, 0.15) is 51.9 Å². The molecule has 1 atom stereocenters. The van der Waals surface area contributed by atoms with Crippen LogP contribution in [0.4, 0.5) is 0 Å². The molecule has 2 aromatic carbocycles. The van der Waals surface area contributed by atoms with E-state index in [4.69, 9.17) is 4.42 Å². The molecule has 0 saturated carbocycles. The molecule has 0 saturated heterocycles. The van der Waals surface area contributed by atoms with Crippen molar-refractivity contribution in [3.05, 3.63) is 95.0 Å². The molecular formula is C27H27N5O2. The minimum Gasteiger partial charge on any atom is -0.459 e. The number of amides is 1. The molecule has 0 bridgehead atoms. The van der Waals surface area contributed by atoms with Crippen molar-refractivity contribution in [3.63, 3.8) is 0 Å². The summed E-state index contributed by atoms with van der Waals surface area (Å²) in [6.45, 7) is 5.50. The predicted octanol–water partition coefficient (Wildman–Crippen LogP) is 3.99. The largest absolute Gasteiger partial charge is 0.459 e. The highest BCUT2D eigenvalue weighted by atomic mass is 16.3. The van der Waals surface area contributed by atoms with Gasteiger partial charge in [0.2, 0.25) is 0 Å². The molecule has 7 heteroatoms. The lowest BCUT2D eigenvalue weighted by atomic mass is 10.0. The van der Waals surface area contributed by atoms with E-state index in [0.717, 1.165) is 50.7 Å². The lowest BCUT2D eigenvalue weighted by Gasteiger charge is -2.20. The van der Waals surface area contributed by atoms with Gasteiger partial charge >= 0.3 is 0 Å². The molecule has 1 amide bonds. The minimum absolute atomic E-state index is 0.246. The molecule has 1 aliphatic carbocycles. The first-order valence-electron chi connectivity index (χ1n) is 11.8. The average Bonchev–Trinajstić information content (AvgIpc) is 3.56. The number of furan rings is 1. The smallest absolute Gasteiger partial charge is 0.287 e. The molecule has 2 aliphatic rings. The number of carbonyl (C=O) groups is 1. The third-order valence-electron chi connectivity index (χ3n) is 6.89. The number of hydrogen-bond donors (Lipinski definition) is 1. The Morgan fingerprint density at radius 1 is 1.03 bits per heavy atom. The highest BCUT2D eigenvalue weighted by Gasteiger charge is 2.24. The molecule has 34 heavy (non-hydrogen) atoms. The van der Waals surface area contributed by atoms with Crippen LogP contribution in [-0.4, -0.2) is 38.7 Å². The molecule has 0 unspecified atom stereocenters. The van der Waals surface area contributed by atoms with Gasteiger partial charge in [0.15, 0.2) is 11.6 Å². The number of nitrogens with one attached hydrogen (secondary N) is 1. The maximum Gasteiger partial charge on any atom is 0.287 e. The van der Waals surface area contributed by atoms with Crippen LogP contribution in [-0.2, 0) is 25.9 Å². The summed E-state index contributed by atoms with van der Waals surface area (Å²) in [5.74, 6) is 1.81. The van der Waals surface area contributed by atoms with E-state index >= 15 is 0 Å². The van der Waals surface area contributed by atoms with Gasteiger partial charge in [0.1, 0.15) is 5.82 Å². The van der Waals surface area contributed by atoms with E-state index in [9.17, 15) is 4.79 Å². The fraction of sp³-hybridized carbons (Fsp3) is 0.296. The molecule has 4 aromatic rings. The van der Waals surface area contributed by atoms with Crippen LogP contribution in [0.3, 0.4) is 0 Å².